The first-order valence-electron chi connectivity index (χ1n) is 14.3. The Balaban J connectivity index is 1.34. The lowest BCUT2D eigenvalue weighted by molar-refractivity contribution is -0.141. The van der Waals surface area contributed by atoms with E-state index in [1.165, 1.54) is 38.5 Å². The fourth-order valence-electron chi connectivity index (χ4n) is 8.91. The number of nitrogens with one attached hydrogen (secondary N) is 1. The quantitative estimate of drug-likeness (QED) is 0.435. The van der Waals surface area contributed by atoms with Crippen molar-refractivity contribution < 1.29 is 9.59 Å². The topological polar surface area (TPSA) is 49.4 Å². The van der Waals surface area contributed by atoms with Gasteiger partial charge in [0, 0.05) is 23.5 Å². The van der Waals surface area contributed by atoms with E-state index in [-0.39, 0.29) is 29.3 Å². The monoisotopic (exact) mass is 530 g/mol. The van der Waals surface area contributed by atoms with E-state index >= 15 is 0 Å². The van der Waals surface area contributed by atoms with Gasteiger partial charge in [0.25, 0.3) is 11.8 Å². The third-order valence-corrected chi connectivity index (χ3v) is 11.1. The molecule has 4 nitrogen and oxygen atoms in total. The van der Waals surface area contributed by atoms with Gasteiger partial charge in [-0.2, -0.15) is 0 Å². The summed E-state index contributed by atoms with van der Waals surface area (Å²) in [5, 5.41) is 3.87. The molecule has 7 atom stereocenters. The minimum atomic E-state index is -0.376. The lowest BCUT2D eigenvalue weighted by atomic mass is 9.48. The van der Waals surface area contributed by atoms with E-state index in [9.17, 15) is 9.59 Å². The number of nitrogens with zero attached hydrogens (tertiary/aromatic N) is 1. The average Bonchev–Trinajstić information content (AvgIpc) is 3.32. The fraction of sp³-hybridized carbons (Fsp3) is 0.515. The highest BCUT2D eigenvalue weighted by Gasteiger charge is 2.59. The molecule has 0 bridgehead atoms. The van der Waals surface area contributed by atoms with E-state index in [1.807, 2.05) is 66.5 Å². The Labute approximate surface area is 231 Å². The van der Waals surface area contributed by atoms with Crippen LogP contribution in [0.2, 0.25) is 5.02 Å². The SMILES string of the molecule is CN1C(=O)C(C(=O)NC(c2ccccc2)c2ccc(Cl)cc2)=C[C@@]2(C)C1CC[C@@H]1[C@H]2CC[C@]2(C)CCC[C@@H]12. The van der Waals surface area contributed by atoms with Gasteiger partial charge in [0.2, 0.25) is 0 Å². The molecule has 0 spiro atoms. The Bertz CT molecular complexity index is 1260. The molecule has 200 valence electrons. The maximum absolute atomic E-state index is 13.9. The molecule has 3 saturated carbocycles. The third kappa shape index (κ3) is 4.11. The molecule has 1 heterocycles. The second-order valence-corrected chi connectivity index (χ2v) is 13.2. The van der Waals surface area contributed by atoms with Crippen molar-refractivity contribution in [3.05, 3.63) is 82.4 Å². The molecule has 1 aliphatic heterocycles. The predicted molar refractivity (Wildman–Crippen MR) is 152 cm³/mol. The van der Waals surface area contributed by atoms with Gasteiger partial charge in [0.15, 0.2) is 0 Å². The van der Waals surface area contributed by atoms with Gasteiger partial charge < -0.3 is 10.2 Å². The highest BCUT2D eigenvalue weighted by atomic mass is 35.5. The van der Waals surface area contributed by atoms with Crippen LogP contribution in [0, 0.1) is 28.6 Å². The molecule has 2 amide bonds. The Morgan fingerprint density at radius 3 is 2.39 bits per heavy atom. The molecule has 0 radical (unpaired) electrons. The molecule has 3 aliphatic carbocycles. The zero-order chi connectivity index (χ0) is 26.7. The van der Waals surface area contributed by atoms with E-state index < -0.39 is 0 Å². The summed E-state index contributed by atoms with van der Waals surface area (Å²) in [5.41, 5.74) is 2.48. The van der Waals surface area contributed by atoms with Gasteiger partial charge in [-0.3, -0.25) is 9.59 Å². The Morgan fingerprint density at radius 2 is 1.66 bits per heavy atom. The number of hydrogen-bond donors (Lipinski definition) is 1. The van der Waals surface area contributed by atoms with Gasteiger partial charge in [-0.05, 0) is 85.0 Å². The number of likely N-dealkylation sites (N-methyl/N-ethyl adjacent to an activating group) is 1. The van der Waals surface area contributed by atoms with Crippen LogP contribution in [0.5, 0.6) is 0 Å². The highest BCUT2D eigenvalue weighted by molar-refractivity contribution is 6.30. The first-order valence-corrected chi connectivity index (χ1v) is 14.7. The number of carbonyl (C=O) groups excluding carboxylic acids is 2. The van der Waals surface area contributed by atoms with Crippen molar-refractivity contribution in [1.29, 1.82) is 0 Å². The number of hydrogen-bond acceptors (Lipinski definition) is 2. The first kappa shape index (κ1) is 25.7. The summed E-state index contributed by atoms with van der Waals surface area (Å²) in [6.07, 6.45) is 10.8. The molecule has 0 aromatic heterocycles. The second-order valence-electron chi connectivity index (χ2n) is 12.8. The third-order valence-electron chi connectivity index (χ3n) is 10.8. The molecular weight excluding hydrogens is 492 g/mol. The first-order chi connectivity index (χ1) is 18.2. The zero-order valence-corrected chi connectivity index (χ0v) is 23.5. The van der Waals surface area contributed by atoms with Gasteiger partial charge in [0.1, 0.15) is 5.57 Å². The minimum Gasteiger partial charge on any atom is -0.341 e. The molecular formula is C33H39ClN2O2. The maximum Gasteiger partial charge on any atom is 0.259 e. The average molecular weight is 531 g/mol. The van der Waals surface area contributed by atoms with Crippen LogP contribution in [0.3, 0.4) is 0 Å². The number of halogens is 1. The van der Waals surface area contributed by atoms with Gasteiger partial charge in [0.05, 0.1) is 6.04 Å². The van der Waals surface area contributed by atoms with Crippen LogP contribution in [0.25, 0.3) is 0 Å². The summed E-state index contributed by atoms with van der Waals surface area (Å²) in [7, 11) is 1.91. The number of amides is 2. The Morgan fingerprint density at radius 1 is 0.947 bits per heavy atom. The van der Waals surface area contributed by atoms with Crippen LogP contribution in [-0.4, -0.2) is 29.8 Å². The fourth-order valence-corrected chi connectivity index (χ4v) is 9.04. The summed E-state index contributed by atoms with van der Waals surface area (Å²) in [6, 6.07) is 17.2. The molecule has 6 rings (SSSR count). The number of fused-ring (bicyclic) bond motifs is 5. The van der Waals surface area contributed by atoms with Gasteiger partial charge in [-0.25, -0.2) is 0 Å². The highest BCUT2D eigenvalue weighted by Crippen LogP contribution is 2.64. The van der Waals surface area contributed by atoms with Gasteiger partial charge in [-0.1, -0.05) is 80.4 Å². The number of benzene rings is 2. The molecule has 0 saturated heterocycles. The van der Waals surface area contributed by atoms with Crippen molar-refractivity contribution in [2.24, 2.45) is 28.6 Å². The molecule has 4 aliphatic rings. The summed E-state index contributed by atoms with van der Waals surface area (Å²) >= 11 is 6.16. The molecule has 2 aromatic carbocycles. The van der Waals surface area contributed by atoms with Crippen molar-refractivity contribution >= 4 is 23.4 Å². The molecule has 2 aromatic rings. The van der Waals surface area contributed by atoms with Gasteiger partial charge in [-0.15, -0.1) is 0 Å². The van der Waals surface area contributed by atoms with Crippen molar-refractivity contribution in [2.75, 3.05) is 7.05 Å². The summed E-state index contributed by atoms with van der Waals surface area (Å²) in [5.74, 6) is 1.52. The molecule has 38 heavy (non-hydrogen) atoms. The molecule has 1 N–H and O–H groups in total. The summed E-state index contributed by atoms with van der Waals surface area (Å²) in [4.78, 5) is 29.5. The van der Waals surface area contributed by atoms with Crippen molar-refractivity contribution in [3.8, 4) is 0 Å². The lowest BCUT2D eigenvalue weighted by Gasteiger charge is -2.60. The van der Waals surface area contributed by atoms with Crippen molar-refractivity contribution in [2.45, 2.75) is 70.9 Å². The molecule has 2 unspecified atom stereocenters. The standard InChI is InChI=1S/C33H39ClN2O2/c1-32-18-7-10-26(32)24-15-16-28-33(2,27(24)17-19-32)20-25(31(38)36(28)3)30(37)35-29(21-8-5-4-6-9-21)22-11-13-23(34)14-12-22/h4-6,8-9,11-14,20,24,26-29H,7,10,15-19H2,1-3H3,(H,35,37)/t24-,26-,27+,28?,29?,32-,33+/m0/s1. The van der Waals surface area contributed by atoms with E-state index in [4.69, 9.17) is 11.6 Å². The van der Waals surface area contributed by atoms with Crippen LogP contribution >= 0.6 is 11.6 Å². The van der Waals surface area contributed by atoms with E-state index in [0.717, 1.165) is 23.5 Å². The van der Waals surface area contributed by atoms with Crippen LogP contribution < -0.4 is 5.32 Å². The minimum absolute atomic E-state index is 0.153. The van der Waals surface area contributed by atoms with Crippen LogP contribution in [0.1, 0.15) is 76.0 Å². The zero-order valence-electron chi connectivity index (χ0n) is 22.8. The van der Waals surface area contributed by atoms with E-state index in [2.05, 4.69) is 25.2 Å². The van der Waals surface area contributed by atoms with Gasteiger partial charge >= 0.3 is 0 Å². The Hall–Kier alpha value is -2.59. The molecule has 3 fully saturated rings. The smallest absolute Gasteiger partial charge is 0.259 e. The number of rotatable bonds is 4. The van der Waals surface area contributed by atoms with Crippen LogP contribution in [0.4, 0.5) is 0 Å². The van der Waals surface area contributed by atoms with Crippen LogP contribution in [-0.2, 0) is 9.59 Å². The van der Waals surface area contributed by atoms with E-state index in [0.29, 0.717) is 27.8 Å². The van der Waals surface area contributed by atoms with Crippen LogP contribution in [0.15, 0.2) is 66.2 Å². The lowest BCUT2D eigenvalue weighted by Crippen LogP contribution is -2.61. The predicted octanol–water partition coefficient (Wildman–Crippen LogP) is 6.95. The van der Waals surface area contributed by atoms with Crippen molar-refractivity contribution in [1.82, 2.24) is 10.2 Å². The number of carbonyl (C=O) groups is 2. The molecule has 5 heteroatoms. The van der Waals surface area contributed by atoms with E-state index in [1.54, 1.807) is 0 Å². The summed E-state index contributed by atoms with van der Waals surface area (Å²) < 4.78 is 0. The van der Waals surface area contributed by atoms with Crippen molar-refractivity contribution in [3.63, 3.8) is 0 Å². The maximum atomic E-state index is 13.9. The largest absolute Gasteiger partial charge is 0.341 e. The second kappa shape index (κ2) is 9.55. The normalized spacial score (nSPS) is 35.0. The Kier molecular flexibility index (Phi) is 6.45. The summed E-state index contributed by atoms with van der Waals surface area (Å²) in [6.45, 7) is 4.84.